The number of H-pyrrole nitrogens is 1. The Morgan fingerprint density at radius 1 is 1.12 bits per heavy atom. The van der Waals surface area contributed by atoms with Crippen molar-refractivity contribution in [3.05, 3.63) is 48.0 Å². The summed E-state index contributed by atoms with van der Waals surface area (Å²) in [6.07, 6.45) is 1.98. The quantitative estimate of drug-likeness (QED) is 0.732. The van der Waals surface area contributed by atoms with Crippen LogP contribution in [-0.2, 0) is 4.79 Å². The first kappa shape index (κ1) is 14.9. The third-order valence-corrected chi connectivity index (χ3v) is 4.66. The summed E-state index contributed by atoms with van der Waals surface area (Å²) in [4.78, 5) is 11.9. The number of nitrogens with zero attached hydrogens (tertiary/aromatic N) is 1. The molecule has 2 aromatic carbocycles. The van der Waals surface area contributed by atoms with Crippen LogP contribution in [0.4, 0.5) is 5.82 Å². The Bertz CT molecular complexity index is 889. The molecule has 0 spiro atoms. The lowest BCUT2D eigenvalue weighted by atomic mass is 9.98. The summed E-state index contributed by atoms with van der Waals surface area (Å²) in [5, 5.41) is 11.2. The van der Waals surface area contributed by atoms with Crippen molar-refractivity contribution in [1.82, 2.24) is 10.2 Å². The van der Waals surface area contributed by atoms with Crippen LogP contribution in [0, 0.1) is 5.92 Å². The van der Waals surface area contributed by atoms with Gasteiger partial charge in [0.15, 0.2) is 5.82 Å². The fraction of sp³-hybridized carbons (Fsp3) is 0.300. The second-order valence-corrected chi connectivity index (χ2v) is 6.87. The molecule has 122 valence electrons. The van der Waals surface area contributed by atoms with Gasteiger partial charge in [-0.05, 0) is 47.6 Å². The summed E-state index contributed by atoms with van der Waals surface area (Å²) in [5.74, 6) is 1.42. The van der Waals surface area contributed by atoms with Crippen molar-refractivity contribution < 1.29 is 4.79 Å². The molecule has 1 fully saturated rings. The molecule has 0 radical (unpaired) electrons. The van der Waals surface area contributed by atoms with Gasteiger partial charge >= 0.3 is 0 Å². The van der Waals surface area contributed by atoms with Gasteiger partial charge in [-0.25, -0.2) is 0 Å². The van der Waals surface area contributed by atoms with Gasteiger partial charge in [0.05, 0.1) is 5.52 Å². The number of fused-ring (bicyclic) bond motifs is 1. The number of nitrogens with one attached hydrogen (secondary N) is 2. The van der Waals surface area contributed by atoms with Crippen LogP contribution in [0.3, 0.4) is 0 Å². The number of hydrogen-bond donors (Lipinski definition) is 2. The molecule has 0 unspecified atom stereocenters. The van der Waals surface area contributed by atoms with Crippen molar-refractivity contribution in [3.8, 4) is 11.1 Å². The highest BCUT2D eigenvalue weighted by Gasteiger charge is 2.30. The molecule has 0 aliphatic heterocycles. The van der Waals surface area contributed by atoms with E-state index in [2.05, 4.69) is 65.8 Å². The molecule has 3 aromatic rings. The molecule has 1 saturated carbocycles. The van der Waals surface area contributed by atoms with Gasteiger partial charge in [-0.2, -0.15) is 5.10 Å². The number of aromatic amines is 1. The second-order valence-electron chi connectivity index (χ2n) is 6.87. The number of aromatic nitrogens is 2. The van der Waals surface area contributed by atoms with Gasteiger partial charge in [0.1, 0.15) is 0 Å². The van der Waals surface area contributed by atoms with E-state index in [0.717, 1.165) is 29.3 Å². The molecular formula is C20H21N3O. The highest BCUT2D eigenvalue weighted by Crippen LogP contribution is 2.32. The molecule has 0 saturated heterocycles. The largest absolute Gasteiger partial charge is 0.308 e. The molecule has 1 aromatic heterocycles. The summed E-state index contributed by atoms with van der Waals surface area (Å²) in [7, 11) is 0. The van der Waals surface area contributed by atoms with Gasteiger partial charge < -0.3 is 5.32 Å². The van der Waals surface area contributed by atoms with E-state index in [1.807, 2.05) is 6.07 Å². The molecule has 0 atom stereocenters. The van der Waals surface area contributed by atoms with Crippen LogP contribution >= 0.6 is 0 Å². The zero-order chi connectivity index (χ0) is 16.7. The van der Waals surface area contributed by atoms with E-state index in [1.54, 1.807) is 0 Å². The predicted octanol–water partition coefficient (Wildman–Crippen LogP) is 4.70. The maximum Gasteiger partial charge on any atom is 0.228 e. The Morgan fingerprint density at radius 3 is 2.50 bits per heavy atom. The average molecular weight is 319 g/mol. The number of carbonyl (C=O) groups is 1. The van der Waals surface area contributed by atoms with E-state index >= 15 is 0 Å². The van der Waals surface area contributed by atoms with E-state index in [4.69, 9.17) is 0 Å². The van der Waals surface area contributed by atoms with Crippen LogP contribution in [-0.4, -0.2) is 16.1 Å². The maximum atomic E-state index is 11.9. The molecule has 2 N–H and O–H groups in total. The van der Waals surface area contributed by atoms with Crippen LogP contribution in [0.5, 0.6) is 0 Å². The predicted molar refractivity (Wildman–Crippen MR) is 97.0 cm³/mol. The monoisotopic (exact) mass is 319 g/mol. The minimum absolute atomic E-state index is 0.0803. The van der Waals surface area contributed by atoms with Crippen molar-refractivity contribution >= 4 is 22.6 Å². The topological polar surface area (TPSA) is 57.8 Å². The number of rotatable bonds is 4. The molecular weight excluding hydrogens is 298 g/mol. The first-order valence-corrected chi connectivity index (χ1v) is 8.51. The Labute approximate surface area is 141 Å². The number of carbonyl (C=O) groups excluding carboxylic acids is 1. The summed E-state index contributed by atoms with van der Waals surface area (Å²) < 4.78 is 0. The molecule has 1 heterocycles. The first-order chi connectivity index (χ1) is 11.6. The third-order valence-electron chi connectivity index (χ3n) is 4.66. The van der Waals surface area contributed by atoms with Crippen LogP contribution < -0.4 is 5.32 Å². The molecule has 4 nitrogen and oxygen atoms in total. The molecule has 24 heavy (non-hydrogen) atoms. The van der Waals surface area contributed by atoms with Crippen LogP contribution in [0.15, 0.2) is 42.5 Å². The fourth-order valence-electron chi connectivity index (χ4n) is 2.92. The van der Waals surface area contributed by atoms with Gasteiger partial charge in [-0.1, -0.05) is 44.2 Å². The van der Waals surface area contributed by atoms with Crippen LogP contribution in [0.2, 0.25) is 0 Å². The van der Waals surface area contributed by atoms with Crippen LogP contribution in [0.1, 0.15) is 38.2 Å². The Morgan fingerprint density at radius 2 is 1.83 bits per heavy atom. The molecule has 1 amide bonds. The smallest absolute Gasteiger partial charge is 0.228 e. The van der Waals surface area contributed by atoms with E-state index in [0.29, 0.717) is 11.7 Å². The van der Waals surface area contributed by atoms with Crippen molar-refractivity contribution in [2.45, 2.75) is 32.6 Å². The van der Waals surface area contributed by atoms with Gasteiger partial charge in [-0.3, -0.25) is 9.89 Å². The lowest BCUT2D eigenvalue weighted by Gasteiger charge is -2.07. The third kappa shape index (κ3) is 2.80. The van der Waals surface area contributed by atoms with Gasteiger partial charge in [0, 0.05) is 11.3 Å². The Balaban J connectivity index is 1.62. The van der Waals surface area contributed by atoms with Gasteiger partial charge in [0.25, 0.3) is 0 Å². The lowest BCUT2D eigenvalue weighted by Crippen LogP contribution is -2.13. The number of amides is 1. The summed E-state index contributed by atoms with van der Waals surface area (Å²) in [6.45, 7) is 4.40. The van der Waals surface area contributed by atoms with E-state index in [9.17, 15) is 4.79 Å². The summed E-state index contributed by atoms with van der Waals surface area (Å²) in [6, 6.07) is 14.9. The zero-order valence-electron chi connectivity index (χ0n) is 14.0. The molecule has 4 heteroatoms. The zero-order valence-corrected chi connectivity index (χ0v) is 14.0. The maximum absolute atomic E-state index is 11.9. The highest BCUT2D eigenvalue weighted by atomic mass is 16.2. The lowest BCUT2D eigenvalue weighted by molar-refractivity contribution is -0.117. The van der Waals surface area contributed by atoms with E-state index in [1.165, 1.54) is 11.1 Å². The molecule has 4 rings (SSSR count). The van der Waals surface area contributed by atoms with Gasteiger partial charge in [0.2, 0.25) is 5.91 Å². The number of hydrogen-bond acceptors (Lipinski definition) is 2. The normalized spacial score (nSPS) is 14.3. The summed E-state index contributed by atoms with van der Waals surface area (Å²) in [5.41, 5.74) is 4.60. The van der Waals surface area contributed by atoms with Crippen LogP contribution in [0.25, 0.3) is 22.0 Å². The molecule has 1 aliphatic carbocycles. The Kier molecular flexibility index (Phi) is 3.60. The van der Waals surface area contributed by atoms with Crippen molar-refractivity contribution in [3.63, 3.8) is 0 Å². The Hall–Kier alpha value is -2.62. The van der Waals surface area contributed by atoms with Crippen molar-refractivity contribution in [2.75, 3.05) is 5.32 Å². The minimum atomic E-state index is 0.0803. The second kappa shape index (κ2) is 5.78. The van der Waals surface area contributed by atoms with Crippen molar-refractivity contribution in [2.24, 2.45) is 5.92 Å². The first-order valence-electron chi connectivity index (χ1n) is 8.51. The van der Waals surface area contributed by atoms with E-state index < -0.39 is 0 Å². The van der Waals surface area contributed by atoms with Crippen molar-refractivity contribution in [1.29, 1.82) is 0 Å². The van der Waals surface area contributed by atoms with Gasteiger partial charge in [-0.15, -0.1) is 0 Å². The van der Waals surface area contributed by atoms with E-state index in [-0.39, 0.29) is 11.8 Å². The number of benzene rings is 2. The summed E-state index contributed by atoms with van der Waals surface area (Å²) >= 11 is 0. The minimum Gasteiger partial charge on any atom is -0.308 e. The SMILES string of the molecule is CC(C)c1ccc(-c2ccc3c(NC(=O)C4CC4)n[nH]c3c2)cc1. The number of anilines is 1. The standard InChI is InChI=1S/C20H21N3O/c1-12(2)13-3-5-14(6-4-13)16-9-10-17-18(11-16)22-23-19(17)21-20(24)15-7-8-15/h3-6,9-12,15H,7-8H2,1-2H3,(H2,21,22,23,24). The average Bonchev–Trinajstić information content (AvgIpc) is 3.37. The highest BCUT2D eigenvalue weighted by molar-refractivity contribution is 6.02. The molecule has 0 bridgehead atoms. The fourth-order valence-corrected chi connectivity index (χ4v) is 2.92. The molecule has 1 aliphatic rings.